The Morgan fingerprint density at radius 2 is 1.55 bits per heavy atom. The standard InChI is InChI=1S/C25H21ClN2O5/c1-32-22-12-15(8-9-21(29)17-5-3-7-19(13-17)25(28)31)11-20(26)23(22)33-14-16-4-2-6-18(10-16)24(27)30/h2-13H,14H2,1H3,(H2,27,30)(H2,28,31)/b9-8+. The van der Waals surface area contributed by atoms with Gasteiger partial charge in [0, 0.05) is 16.7 Å². The first-order chi connectivity index (χ1) is 15.8. The molecule has 0 saturated heterocycles. The maximum Gasteiger partial charge on any atom is 0.248 e. The molecule has 3 aromatic rings. The Bertz CT molecular complexity index is 1250. The Kier molecular flexibility index (Phi) is 7.48. The first kappa shape index (κ1) is 23.6. The Morgan fingerprint density at radius 1 is 0.909 bits per heavy atom. The van der Waals surface area contributed by atoms with Gasteiger partial charge in [0.25, 0.3) is 0 Å². The van der Waals surface area contributed by atoms with E-state index in [-0.39, 0.29) is 23.0 Å². The van der Waals surface area contributed by atoms with Crippen LogP contribution in [0.15, 0.2) is 66.7 Å². The van der Waals surface area contributed by atoms with Gasteiger partial charge in [-0.2, -0.15) is 0 Å². The van der Waals surface area contributed by atoms with Crippen molar-refractivity contribution in [1.82, 2.24) is 0 Å². The summed E-state index contributed by atoms with van der Waals surface area (Å²) in [5.41, 5.74) is 12.9. The molecule has 2 amide bonds. The number of methoxy groups -OCH3 is 1. The van der Waals surface area contributed by atoms with Gasteiger partial charge in [0.05, 0.1) is 12.1 Å². The molecule has 3 rings (SSSR count). The highest BCUT2D eigenvalue weighted by molar-refractivity contribution is 6.32. The molecule has 0 saturated carbocycles. The second kappa shape index (κ2) is 10.5. The highest BCUT2D eigenvalue weighted by Gasteiger charge is 2.13. The van der Waals surface area contributed by atoms with Crippen LogP contribution in [0, 0.1) is 0 Å². The molecule has 0 spiro atoms. The summed E-state index contributed by atoms with van der Waals surface area (Å²) in [7, 11) is 1.47. The van der Waals surface area contributed by atoms with Crippen molar-refractivity contribution >= 4 is 35.3 Å². The maximum atomic E-state index is 12.5. The van der Waals surface area contributed by atoms with Gasteiger partial charge in [-0.05, 0) is 53.6 Å². The molecule has 3 aromatic carbocycles. The number of allylic oxidation sites excluding steroid dienone is 1. The first-order valence-corrected chi connectivity index (χ1v) is 10.2. The van der Waals surface area contributed by atoms with Gasteiger partial charge in [0.2, 0.25) is 11.8 Å². The van der Waals surface area contributed by atoms with E-state index in [4.69, 9.17) is 32.5 Å². The third-order valence-electron chi connectivity index (χ3n) is 4.71. The number of halogens is 1. The van der Waals surface area contributed by atoms with E-state index in [1.54, 1.807) is 54.6 Å². The van der Waals surface area contributed by atoms with Crippen LogP contribution in [0.4, 0.5) is 0 Å². The molecule has 0 aliphatic carbocycles. The minimum absolute atomic E-state index is 0.140. The van der Waals surface area contributed by atoms with Crippen molar-refractivity contribution in [2.45, 2.75) is 6.61 Å². The van der Waals surface area contributed by atoms with Gasteiger partial charge in [-0.1, -0.05) is 41.9 Å². The molecule has 0 heterocycles. The molecule has 0 aliphatic rings. The van der Waals surface area contributed by atoms with Crippen molar-refractivity contribution in [2.24, 2.45) is 11.5 Å². The third kappa shape index (κ3) is 5.99. The monoisotopic (exact) mass is 464 g/mol. The van der Waals surface area contributed by atoms with Gasteiger partial charge in [-0.3, -0.25) is 14.4 Å². The van der Waals surface area contributed by atoms with Crippen molar-refractivity contribution in [1.29, 1.82) is 0 Å². The minimum atomic E-state index is -0.609. The van der Waals surface area contributed by atoms with E-state index >= 15 is 0 Å². The van der Waals surface area contributed by atoms with Crippen LogP contribution in [0.25, 0.3) is 6.08 Å². The van der Waals surface area contributed by atoms with E-state index in [2.05, 4.69) is 0 Å². The second-order valence-corrected chi connectivity index (χ2v) is 7.44. The lowest BCUT2D eigenvalue weighted by molar-refractivity contribution is 0.0991. The zero-order chi connectivity index (χ0) is 24.0. The summed E-state index contributed by atoms with van der Waals surface area (Å²) >= 11 is 6.40. The van der Waals surface area contributed by atoms with Crippen LogP contribution in [0.3, 0.4) is 0 Å². The van der Waals surface area contributed by atoms with E-state index in [9.17, 15) is 14.4 Å². The van der Waals surface area contributed by atoms with Gasteiger partial charge in [0.15, 0.2) is 17.3 Å². The van der Waals surface area contributed by atoms with Gasteiger partial charge in [0.1, 0.15) is 6.61 Å². The summed E-state index contributed by atoms with van der Waals surface area (Å²) in [5, 5.41) is 0.281. The molecule has 7 nitrogen and oxygen atoms in total. The average molecular weight is 465 g/mol. The van der Waals surface area contributed by atoms with Gasteiger partial charge >= 0.3 is 0 Å². The second-order valence-electron chi connectivity index (χ2n) is 7.03. The molecule has 0 radical (unpaired) electrons. The summed E-state index contributed by atoms with van der Waals surface area (Å²) in [6.45, 7) is 0.140. The highest BCUT2D eigenvalue weighted by atomic mass is 35.5. The number of amides is 2. The van der Waals surface area contributed by atoms with Gasteiger partial charge in [-0.25, -0.2) is 0 Å². The lowest BCUT2D eigenvalue weighted by atomic mass is 10.1. The number of ether oxygens (including phenoxy) is 2. The van der Waals surface area contributed by atoms with Crippen molar-refractivity contribution in [3.63, 3.8) is 0 Å². The molecule has 0 atom stereocenters. The molecule has 0 aromatic heterocycles. The lowest BCUT2D eigenvalue weighted by Gasteiger charge is -2.14. The van der Waals surface area contributed by atoms with Crippen LogP contribution in [-0.2, 0) is 6.61 Å². The number of primary amides is 2. The van der Waals surface area contributed by atoms with Crippen LogP contribution >= 0.6 is 11.6 Å². The van der Waals surface area contributed by atoms with Crippen molar-refractivity contribution in [2.75, 3.05) is 7.11 Å². The molecular weight excluding hydrogens is 444 g/mol. The lowest BCUT2D eigenvalue weighted by Crippen LogP contribution is -2.11. The van der Waals surface area contributed by atoms with Crippen LogP contribution in [0.1, 0.15) is 42.2 Å². The molecule has 0 fully saturated rings. The van der Waals surface area contributed by atoms with Crippen molar-refractivity contribution < 1.29 is 23.9 Å². The quantitative estimate of drug-likeness (QED) is 0.366. The topological polar surface area (TPSA) is 122 Å². The van der Waals surface area contributed by atoms with E-state index in [1.807, 2.05) is 0 Å². The van der Waals surface area contributed by atoms with E-state index in [1.165, 1.54) is 25.3 Å². The third-order valence-corrected chi connectivity index (χ3v) is 4.99. The SMILES string of the molecule is COc1cc(/C=C/C(=O)c2cccc(C(N)=O)c2)cc(Cl)c1OCc1cccc(C(N)=O)c1. The molecule has 0 aliphatic heterocycles. The summed E-state index contributed by atoms with van der Waals surface area (Å²) in [4.78, 5) is 35.1. The average Bonchev–Trinajstić information content (AvgIpc) is 2.81. The Morgan fingerprint density at radius 3 is 2.21 bits per heavy atom. The Labute approximate surface area is 195 Å². The number of nitrogens with two attached hydrogens (primary N) is 2. The molecule has 0 unspecified atom stereocenters. The predicted octanol–water partition coefficient (Wildman–Crippen LogP) is 4.02. The maximum absolute atomic E-state index is 12.5. The smallest absolute Gasteiger partial charge is 0.248 e. The van der Waals surface area contributed by atoms with E-state index < -0.39 is 11.8 Å². The number of rotatable bonds is 9. The zero-order valence-corrected chi connectivity index (χ0v) is 18.5. The predicted molar refractivity (Wildman–Crippen MR) is 126 cm³/mol. The number of hydrogen-bond donors (Lipinski definition) is 2. The number of ketones is 1. The Hall–Kier alpha value is -4.10. The summed E-state index contributed by atoms with van der Waals surface area (Å²) in [6.07, 6.45) is 2.94. The van der Waals surface area contributed by atoms with E-state index in [0.29, 0.717) is 28.2 Å². The van der Waals surface area contributed by atoms with Gasteiger partial charge < -0.3 is 20.9 Å². The molecule has 168 valence electrons. The van der Waals surface area contributed by atoms with Crippen LogP contribution in [-0.4, -0.2) is 24.7 Å². The van der Waals surface area contributed by atoms with E-state index in [0.717, 1.165) is 5.56 Å². The molecule has 33 heavy (non-hydrogen) atoms. The minimum Gasteiger partial charge on any atom is -0.493 e. The van der Waals surface area contributed by atoms with Crippen molar-refractivity contribution in [3.8, 4) is 11.5 Å². The fraction of sp³-hybridized carbons (Fsp3) is 0.0800. The van der Waals surface area contributed by atoms with Crippen molar-refractivity contribution in [3.05, 3.63) is 99.6 Å². The zero-order valence-electron chi connectivity index (χ0n) is 17.7. The molecule has 0 bridgehead atoms. The Balaban J connectivity index is 1.78. The van der Waals surface area contributed by atoms with Crippen LogP contribution in [0.5, 0.6) is 11.5 Å². The summed E-state index contributed by atoms with van der Waals surface area (Å²) in [6, 6.07) is 16.2. The number of carbonyl (C=O) groups excluding carboxylic acids is 3. The summed E-state index contributed by atoms with van der Waals surface area (Å²) < 4.78 is 11.2. The largest absolute Gasteiger partial charge is 0.493 e. The number of carbonyl (C=O) groups is 3. The van der Waals surface area contributed by atoms with Crippen LogP contribution in [0.2, 0.25) is 5.02 Å². The first-order valence-electron chi connectivity index (χ1n) is 9.80. The highest BCUT2D eigenvalue weighted by Crippen LogP contribution is 2.37. The van der Waals surface area contributed by atoms with Crippen LogP contribution < -0.4 is 20.9 Å². The summed E-state index contributed by atoms with van der Waals surface area (Å²) in [5.74, 6) is -0.748. The molecular formula is C25H21ClN2O5. The fourth-order valence-corrected chi connectivity index (χ4v) is 3.31. The number of hydrogen-bond acceptors (Lipinski definition) is 5. The fourth-order valence-electron chi connectivity index (χ4n) is 3.04. The van der Waals surface area contributed by atoms with Gasteiger partial charge in [-0.15, -0.1) is 0 Å². The molecule has 4 N–H and O–H groups in total. The molecule has 8 heteroatoms. The number of benzene rings is 3. The normalized spacial score (nSPS) is 10.7.